The zero-order valence-electron chi connectivity index (χ0n) is 17.1. The standard InChI is InChI=1S/C19H34N6/c1-16(2)12(20)24-14(18(16,5)6)22-10-9-11-23-15-19(7,8)17(3,4)13(21)25-15/h9-11H2,1-8H3,(H2,20,22,24)(H2,21,23,25). The number of nitrogens with two attached hydrogens (primary N) is 2. The van der Waals surface area contributed by atoms with E-state index in [1.807, 2.05) is 0 Å². The number of rotatable bonds is 4. The van der Waals surface area contributed by atoms with Crippen molar-refractivity contribution in [1.29, 1.82) is 0 Å². The summed E-state index contributed by atoms with van der Waals surface area (Å²) in [5.74, 6) is 3.01. The fraction of sp³-hybridized carbons (Fsp3) is 0.789. The third-order valence-electron chi connectivity index (χ3n) is 6.82. The van der Waals surface area contributed by atoms with Crippen LogP contribution in [0.1, 0.15) is 61.8 Å². The van der Waals surface area contributed by atoms with Crippen molar-refractivity contribution in [2.45, 2.75) is 61.8 Å². The van der Waals surface area contributed by atoms with Gasteiger partial charge in [-0.2, -0.15) is 0 Å². The molecule has 2 aliphatic rings. The van der Waals surface area contributed by atoms with Crippen molar-refractivity contribution in [3.8, 4) is 0 Å². The molecule has 0 aromatic heterocycles. The van der Waals surface area contributed by atoms with Gasteiger partial charge in [0.2, 0.25) is 0 Å². The average molecular weight is 347 g/mol. The highest BCUT2D eigenvalue weighted by Crippen LogP contribution is 2.45. The van der Waals surface area contributed by atoms with E-state index < -0.39 is 0 Å². The fourth-order valence-corrected chi connectivity index (χ4v) is 2.89. The Bertz CT molecular complexity index is 616. The van der Waals surface area contributed by atoms with Crippen LogP contribution in [0.5, 0.6) is 0 Å². The normalized spacial score (nSPS) is 29.1. The van der Waals surface area contributed by atoms with Gasteiger partial charge in [0.25, 0.3) is 0 Å². The molecule has 2 heterocycles. The van der Waals surface area contributed by atoms with Crippen molar-refractivity contribution in [2.24, 2.45) is 53.1 Å². The van der Waals surface area contributed by atoms with Gasteiger partial charge in [-0.05, 0) is 6.42 Å². The highest BCUT2D eigenvalue weighted by Gasteiger charge is 2.50. The van der Waals surface area contributed by atoms with E-state index in [-0.39, 0.29) is 21.7 Å². The van der Waals surface area contributed by atoms with E-state index in [1.54, 1.807) is 0 Å². The summed E-state index contributed by atoms with van der Waals surface area (Å²) in [7, 11) is 0. The Morgan fingerprint density at radius 3 is 1.20 bits per heavy atom. The molecule has 0 bridgehead atoms. The summed E-state index contributed by atoms with van der Waals surface area (Å²) in [5, 5.41) is 0. The van der Waals surface area contributed by atoms with Crippen LogP contribution >= 0.6 is 0 Å². The first kappa shape index (κ1) is 19.6. The summed E-state index contributed by atoms with van der Waals surface area (Å²) in [5.41, 5.74) is 11.5. The largest absolute Gasteiger partial charge is 0.387 e. The first-order valence-electron chi connectivity index (χ1n) is 9.05. The second-order valence-electron chi connectivity index (χ2n) is 9.26. The molecule has 2 aliphatic heterocycles. The third kappa shape index (κ3) is 2.89. The first-order chi connectivity index (χ1) is 11.3. The third-order valence-corrected chi connectivity index (χ3v) is 6.82. The predicted octanol–water partition coefficient (Wildman–Crippen LogP) is 3.02. The Labute approximate surface area is 152 Å². The van der Waals surface area contributed by atoms with Gasteiger partial charge in [0.1, 0.15) is 23.3 Å². The van der Waals surface area contributed by atoms with Crippen LogP contribution in [0.3, 0.4) is 0 Å². The summed E-state index contributed by atoms with van der Waals surface area (Å²) in [6.45, 7) is 18.4. The molecule has 0 saturated carbocycles. The van der Waals surface area contributed by atoms with Crippen LogP contribution in [-0.4, -0.2) is 36.4 Å². The zero-order chi connectivity index (χ0) is 19.3. The van der Waals surface area contributed by atoms with E-state index in [9.17, 15) is 0 Å². The molecule has 0 spiro atoms. The fourth-order valence-electron chi connectivity index (χ4n) is 2.89. The monoisotopic (exact) mass is 346 g/mol. The molecule has 0 fully saturated rings. The maximum absolute atomic E-state index is 6.08. The van der Waals surface area contributed by atoms with Gasteiger partial charge in [-0.3, -0.25) is 9.98 Å². The average Bonchev–Trinajstić information content (AvgIpc) is 2.73. The topological polar surface area (TPSA) is 101 Å². The van der Waals surface area contributed by atoms with Crippen molar-refractivity contribution < 1.29 is 0 Å². The summed E-state index contributed by atoms with van der Waals surface area (Å²) < 4.78 is 0. The van der Waals surface area contributed by atoms with Gasteiger partial charge in [-0.15, -0.1) is 0 Å². The Morgan fingerprint density at radius 1 is 0.640 bits per heavy atom. The summed E-state index contributed by atoms with van der Waals surface area (Å²) in [6.07, 6.45) is 0.852. The van der Waals surface area contributed by atoms with Gasteiger partial charge in [-0.25, -0.2) is 9.98 Å². The molecule has 0 aromatic rings. The minimum Gasteiger partial charge on any atom is -0.387 e. The lowest BCUT2D eigenvalue weighted by atomic mass is 9.68. The maximum atomic E-state index is 6.08. The quantitative estimate of drug-likeness (QED) is 0.764. The Balaban J connectivity index is 2.00. The predicted molar refractivity (Wildman–Crippen MR) is 108 cm³/mol. The molecule has 2 rings (SSSR count). The minimum absolute atomic E-state index is 0.154. The molecule has 0 radical (unpaired) electrons. The smallest absolute Gasteiger partial charge is 0.132 e. The molecule has 0 amide bonds. The van der Waals surface area contributed by atoms with E-state index in [0.29, 0.717) is 24.8 Å². The number of hydrogen-bond donors (Lipinski definition) is 2. The molecule has 25 heavy (non-hydrogen) atoms. The SMILES string of the molecule is CC1(C)C(N)=NC(=NCCCN=C2N=C(N)C(C)(C)C2(C)C)C1(C)C. The van der Waals surface area contributed by atoms with Crippen LogP contribution in [-0.2, 0) is 0 Å². The number of hydrogen-bond acceptors (Lipinski definition) is 4. The highest BCUT2D eigenvalue weighted by molar-refractivity contribution is 6.10. The van der Waals surface area contributed by atoms with Crippen LogP contribution in [0, 0.1) is 21.7 Å². The van der Waals surface area contributed by atoms with Gasteiger partial charge < -0.3 is 11.5 Å². The lowest BCUT2D eigenvalue weighted by Gasteiger charge is -2.34. The van der Waals surface area contributed by atoms with Crippen LogP contribution in [0.15, 0.2) is 20.0 Å². The second kappa shape index (κ2) is 5.92. The molecular weight excluding hydrogens is 312 g/mol. The number of nitrogens with zero attached hydrogens (tertiary/aromatic N) is 4. The van der Waals surface area contributed by atoms with Gasteiger partial charge in [0.05, 0.1) is 0 Å². The molecule has 6 heteroatoms. The molecular formula is C19H34N6. The van der Waals surface area contributed by atoms with Crippen LogP contribution in [0.4, 0.5) is 0 Å². The van der Waals surface area contributed by atoms with E-state index in [0.717, 1.165) is 18.1 Å². The van der Waals surface area contributed by atoms with Crippen LogP contribution in [0.2, 0.25) is 0 Å². The van der Waals surface area contributed by atoms with Gasteiger partial charge in [0.15, 0.2) is 0 Å². The van der Waals surface area contributed by atoms with E-state index >= 15 is 0 Å². The molecule has 6 nitrogen and oxygen atoms in total. The van der Waals surface area contributed by atoms with Crippen molar-refractivity contribution in [3.05, 3.63) is 0 Å². The first-order valence-corrected chi connectivity index (χ1v) is 9.05. The lowest BCUT2D eigenvalue weighted by molar-refractivity contribution is 0.295. The molecule has 0 aliphatic carbocycles. The summed E-state index contributed by atoms with van der Waals surface area (Å²) >= 11 is 0. The number of amidine groups is 4. The molecule has 0 unspecified atom stereocenters. The summed E-state index contributed by atoms with van der Waals surface area (Å²) in [4.78, 5) is 18.4. The summed E-state index contributed by atoms with van der Waals surface area (Å²) in [6, 6.07) is 0. The van der Waals surface area contributed by atoms with Crippen molar-refractivity contribution in [3.63, 3.8) is 0 Å². The van der Waals surface area contributed by atoms with Gasteiger partial charge >= 0.3 is 0 Å². The molecule has 0 saturated heterocycles. The van der Waals surface area contributed by atoms with Gasteiger partial charge in [-0.1, -0.05) is 55.4 Å². The zero-order valence-corrected chi connectivity index (χ0v) is 17.1. The van der Waals surface area contributed by atoms with Crippen LogP contribution in [0.25, 0.3) is 0 Å². The Morgan fingerprint density at radius 2 is 0.960 bits per heavy atom. The van der Waals surface area contributed by atoms with E-state index in [4.69, 9.17) is 11.5 Å². The Hall–Kier alpha value is -1.72. The second-order valence-corrected chi connectivity index (χ2v) is 9.26. The van der Waals surface area contributed by atoms with E-state index in [1.165, 1.54) is 0 Å². The molecule has 140 valence electrons. The highest BCUT2D eigenvalue weighted by atomic mass is 15.1. The molecule has 0 aromatic carbocycles. The molecule has 0 atom stereocenters. The lowest BCUT2D eigenvalue weighted by Crippen LogP contribution is -2.41. The Kier molecular flexibility index (Phi) is 4.64. The number of aliphatic imine (C=N–C) groups is 4. The van der Waals surface area contributed by atoms with Crippen molar-refractivity contribution in [2.75, 3.05) is 13.1 Å². The molecule has 4 N–H and O–H groups in total. The minimum atomic E-state index is -0.169. The van der Waals surface area contributed by atoms with Crippen molar-refractivity contribution in [1.82, 2.24) is 0 Å². The van der Waals surface area contributed by atoms with E-state index in [2.05, 4.69) is 75.4 Å². The maximum Gasteiger partial charge on any atom is 0.132 e. The van der Waals surface area contributed by atoms with Crippen molar-refractivity contribution >= 4 is 23.3 Å². The van der Waals surface area contributed by atoms with Gasteiger partial charge in [0, 0.05) is 34.7 Å². The van der Waals surface area contributed by atoms with Crippen LogP contribution < -0.4 is 11.5 Å².